The van der Waals surface area contributed by atoms with Gasteiger partial charge in [0, 0.05) is 17.3 Å². The molecule has 3 aromatic carbocycles. The second-order valence-corrected chi connectivity index (χ2v) is 12.5. The Kier molecular flexibility index (Phi) is 9.80. The molecule has 0 unspecified atom stereocenters. The number of nitrogens with zero attached hydrogens (tertiary/aromatic N) is 2. The van der Waals surface area contributed by atoms with E-state index < -0.39 is 29.0 Å². The number of ether oxygens (including phenoxy) is 2. The van der Waals surface area contributed by atoms with E-state index in [0.29, 0.717) is 57.5 Å². The summed E-state index contributed by atoms with van der Waals surface area (Å²) in [7, 11) is 0. The van der Waals surface area contributed by atoms with E-state index in [0.717, 1.165) is 0 Å². The van der Waals surface area contributed by atoms with E-state index in [1.54, 1.807) is 50.2 Å². The van der Waals surface area contributed by atoms with Gasteiger partial charge < -0.3 is 19.7 Å². The van der Waals surface area contributed by atoms with Crippen LogP contribution in [0.25, 0.3) is 11.4 Å². The third kappa shape index (κ3) is 6.58. The van der Waals surface area contributed by atoms with E-state index in [9.17, 15) is 29.4 Å². The van der Waals surface area contributed by atoms with E-state index in [4.69, 9.17) is 9.47 Å². The van der Waals surface area contributed by atoms with Crippen molar-refractivity contribution in [3.8, 4) is 22.9 Å². The highest BCUT2D eigenvalue weighted by molar-refractivity contribution is 9.10. The number of rotatable bonds is 12. The van der Waals surface area contributed by atoms with Gasteiger partial charge in [-0.15, -0.1) is 0 Å². The summed E-state index contributed by atoms with van der Waals surface area (Å²) < 4.78 is 15.2. The van der Waals surface area contributed by atoms with Crippen molar-refractivity contribution in [1.29, 1.82) is 0 Å². The Morgan fingerprint density at radius 2 is 1.31 bits per heavy atom. The second kappa shape index (κ2) is 13.8. The lowest BCUT2D eigenvalue weighted by Gasteiger charge is -2.21. The minimum Gasteiger partial charge on any atom is -0.490 e. The zero-order valence-corrected chi connectivity index (χ0v) is 28.5. The number of H-pyrrole nitrogens is 2. The molecule has 5 rings (SSSR count). The van der Waals surface area contributed by atoms with Crippen LogP contribution in [0.4, 0.5) is 0 Å². The molecule has 2 aromatic heterocycles. The van der Waals surface area contributed by atoms with E-state index in [-0.39, 0.29) is 28.2 Å². The molecular formula is C35H35BrN4O8. The van der Waals surface area contributed by atoms with Gasteiger partial charge in [0.25, 0.3) is 11.1 Å². The fraction of sp³-hybridized carbons (Fsp3) is 0.257. The number of carboxylic acids is 2. The molecule has 0 aliphatic carbocycles. The number of aromatic carboxylic acids is 2. The fourth-order valence-electron chi connectivity index (χ4n) is 5.60. The molecule has 5 aromatic rings. The van der Waals surface area contributed by atoms with Crippen molar-refractivity contribution in [2.75, 3.05) is 13.2 Å². The predicted octanol–water partition coefficient (Wildman–Crippen LogP) is 6.03. The Bertz CT molecular complexity index is 2020. The van der Waals surface area contributed by atoms with Crippen LogP contribution >= 0.6 is 15.9 Å². The zero-order chi connectivity index (χ0) is 34.9. The van der Waals surface area contributed by atoms with E-state index in [1.165, 1.54) is 33.6 Å². The minimum absolute atomic E-state index is 0.0000159. The summed E-state index contributed by atoms with van der Waals surface area (Å²) in [6.07, 6.45) is 0. The molecule has 0 saturated carbocycles. The number of halogens is 1. The number of aryl methyl sites for hydroxylation is 2. The maximum atomic E-state index is 14.4. The Balaban J connectivity index is 1.79. The first kappa shape index (κ1) is 34.0. The number of carboxylic acid groups (broad SMARTS) is 2. The van der Waals surface area contributed by atoms with Crippen LogP contribution in [0.3, 0.4) is 0 Å². The van der Waals surface area contributed by atoms with Gasteiger partial charge in [-0.1, -0.05) is 26.0 Å². The van der Waals surface area contributed by atoms with Crippen LogP contribution in [0.1, 0.15) is 75.5 Å². The Morgan fingerprint density at radius 3 is 1.75 bits per heavy atom. The summed E-state index contributed by atoms with van der Waals surface area (Å²) in [5.74, 6) is -2.11. The highest BCUT2D eigenvalue weighted by Crippen LogP contribution is 2.42. The van der Waals surface area contributed by atoms with Crippen LogP contribution in [0.5, 0.6) is 11.5 Å². The third-order valence-corrected chi connectivity index (χ3v) is 8.33. The normalized spacial score (nSPS) is 11.3. The van der Waals surface area contributed by atoms with Gasteiger partial charge in [0.05, 0.1) is 51.3 Å². The van der Waals surface area contributed by atoms with Crippen LogP contribution in [0.2, 0.25) is 0 Å². The van der Waals surface area contributed by atoms with Crippen molar-refractivity contribution >= 4 is 27.9 Å². The number of benzene rings is 3. The molecule has 4 N–H and O–H groups in total. The van der Waals surface area contributed by atoms with Crippen LogP contribution in [0, 0.1) is 19.8 Å². The largest absolute Gasteiger partial charge is 0.490 e. The van der Waals surface area contributed by atoms with Crippen molar-refractivity contribution in [3.63, 3.8) is 0 Å². The maximum absolute atomic E-state index is 14.4. The van der Waals surface area contributed by atoms with Gasteiger partial charge in [-0.3, -0.25) is 19.8 Å². The summed E-state index contributed by atoms with van der Waals surface area (Å²) >= 11 is 3.63. The van der Waals surface area contributed by atoms with Crippen LogP contribution < -0.4 is 20.6 Å². The van der Waals surface area contributed by atoms with Crippen molar-refractivity contribution in [1.82, 2.24) is 19.6 Å². The first-order valence-electron chi connectivity index (χ1n) is 15.2. The number of carbonyl (C=O) groups is 2. The second-order valence-electron chi connectivity index (χ2n) is 11.7. The quantitative estimate of drug-likeness (QED) is 0.121. The molecule has 0 spiro atoms. The van der Waals surface area contributed by atoms with Crippen molar-refractivity contribution in [3.05, 3.63) is 125 Å². The molecule has 0 fully saturated rings. The SMILES string of the molecule is CCOc1cc(C(c2c(C)[nH]n(-c3cccc(C(=O)O)c3)c2=O)c2c(C)[nH]n(-c3cccc(C(=O)O)c3)c2=O)cc(Br)c1OCC(C)C. The first-order valence-corrected chi connectivity index (χ1v) is 16.0. The number of hydrogen-bond donors (Lipinski definition) is 4. The molecule has 0 aliphatic heterocycles. The van der Waals surface area contributed by atoms with Gasteiger partial charge in [0.15, 0.2) is 11.5 Å². The summed E-state index contributed by atoms with van der Waals surface area (Å²) in [6.45, 7) is 10.0. The van der Waals surface area contributed by atoms with E-state index in [1.807, 2.05) is 20.8 Å². The number of hydrogen-bond acceptors (Lipinski definition) is 6. The molecule has 2 heterocycles. The highest BCUT2D eigenvalue weighted by atomic mass is 79.9. The molecule has 0 saturated heterocycles. The van der Waals surface area contributed by atoms with Gasteiger partial charge in [0.2, 0.25) is 0 Å². The topological polar surface area (TPSA) is 169 Å². The maximum Gasteiger partial charge on any atom is 0.335 e. The van der Waals surface area contributed by atoms with Crippen molar-refractivity contribution in [2.24, 2.45) is 5.92 Å². The standard InChI is InChI=1S/C35H35BrN4O8/c1-6-47-27-16-23(15-26(36)31(27)48-17-18(2)3)30(28-19(4)37-39(32(28)41)24-11-7-9-21(13-24)34(43)44)29-20(5)38-40(33(29)42)25-12-8-10-22(14-25)35(45)46/h7-16,18,30,37-38H,6,17H2,1-5H3,(H,43,44)(H,45,46). The predicted molar refractivity (Wildman–Crippen MR) is 183 cm³/mol. The smallest absolute Gasteiger partial charge is 0.335 e. The molecule has 48 heavy (non-hydrogen) atoms. The van der Waals surface area contributed by atoms with E-state index in [2.05, 4.69) is 26.1 Å². The Hall–Kier alpha value is -5.30. The van der Waals surface area contributed by atoms with Gasteiger partial charge in [-0.2, -0.15) is 0 Å². The molecule has 0 aliphatic rings. The van der Waals surface area contributed by atoms with Gasteiger partial charge in [0.1, 0.15) is 0 Å². The number of nitrogens with one attached hydrogen (secondary N) is 2. The average molecular weight is 720 g/mol. The lowest BCUT2D eigenvalue weighted by atomic mass is 9.85. The molecule has 0 bridgehead atoms. The fourth-order valence-corrected chi connectivity index (χ4v) is 6.18. The Morgan fingerprint density at radius 1 is 0.812 bits per heavy atom. The van der Waals surface area contributed by atoms with Crippen molar-refractivity contribution in [2.45, 2.75) is 40.5 Å². The number of aromatic amines is 2. The minimum atomic E-state index is -1.14. The lowest BCUT2D eigenvalue weighted by Crippen LogP contribution is -2.25. The Labute approximate surface area is 283 Å². The summed E-state index contributed by atoms with van der Waals surface area (Å²) in [5.41, 5.74) is 1.53. The molecular weight excluding hydrogens is 684 g/mol. The van der Waals surface area contributed by atoms with Crippen LogP contribution in [0.15, 0.2) is 74.7 Å². The summed E-state index contributed by atoms with van der Waals surface area (Å²) in [4.78, 5) is 52.1. The molecule has 250 valence electrons. The van der Waals surface area contributed by atoms with Gasteiger partial charge >= 0.3 is 11.9 Å². The lowest BCUT2D eigenvalue weighted by molar-refractivity contribution is 0.0686. The summed E-state index contributed by atoms with van der Waals surface area (Å²) in [5, 5.41) is 25.3. The van der Waals surface area contributed by atoms with Crippen LogP contribution in [-0.2, 0) is 0 Å². The van der Waals surface area contributed by atoms with Gasteiger partial charge in [-0.05, 0) is 96.7 Å². The van der Waals surface area contributed by atoms with Crippen molar-refractivity contribution < 1.29 is 29.3 Å². The highest BCUT2D eigenvalue weighted by Gasteiger charge is 2.32. The molecule has 12 nitrogen and oxygen atoms in total. The number of aromatic nitrogens is 4. The molecule has 0 radical (unpaired) electrons. The first-order chi connectivity index (χ1) is 22.8. The van der Waals surface area contributed by atoms with Gasteiger partial charge in [-0.25, -0.2) is 19.0 Å². The van der Waals surface area contributed by atoms with E-state index >= 15 is 0 Å². The third-order valence-electron chi connectivity index (χ3n) is 7.74. The molecule has 0 amide bonds. The average Bonchev–Trinajstić information content (AvgIpc) is 3.50. The van der Waals surface area contributed by atoms with Crippen LogP contribution in [-0.4, -0.2) is 54.9 Å². The monoisotopic (exact) mass is 718 g/mol. The summed E-state index contributed by atoms with van der Waals surface area (Å²) in [6, 6.07) is 15.4. The molecule has 13 heteroatoms. The molecule has 0 atom stereocenters. The zero-order valence-electron chi connectivity index (χ0n) is 27.0.